The molecule has 0 atom stereocenters. The molecule has 0 N–H and O–H groups in total. The number of hydrogen-bond acceptors (Lipinski definition) is 5. The number of hydrogen-bond donors (Lipinski definition) is 0. The number of ether oxygens (including phenoxy) is 1. The van der Waals surface area contributed by atoms with E-state index in [-0.39, 0.29) is 12.4 Å². The lowest BCUT2D eigenvalue weighted by Crippen LogP contribution is -2.08. The van der Waals surface area contributed by atoms with Gasteiger partial charge in [0.05, 0.1) is 13.0 Å². The Balaban J connectivity index is 0.00000121. The van der Waals surface area contributed by atoms with Gasteiger partial charge in [0.15, 0.2) is 5.16 Å². The van der Waals surface area contributed by atoms with Crippen molar-refractivity contribution in [3.05, 3.63) is 16.9 Å². The molecule has 0 fully saturated rings. The fraction of sp³-hybridized carbons (Fsp3) is 0.545. The molecular formula is C11H17ClN2O2S. The minimum atomic E-state index is -0.320. The minimum absolute atomic E-state index is 0.112. The average molecular weight is 277 g/mol. The largest absolute Gasteiger partial charge is 0.466 e. The number of esters is 1. The summed E-state index contributed by atoms with van der Waals surface area (Å²) in [6.45, 7) is 6.12. The second-order valence-corrected chi connectivity index (χ2v) is 3.79. The number of thioether (sulfide) groups is 1. The highest BCUT2D eigenvalue weighted by atomic mass is 35.5. The van der Waals surface area contributed by atoms with E-state index in [9.17, 15) is 4.79 Å². The summed E-state index contributed by atoms with van der Waals surface area (Å²) in [5, 5.41) is 0.898. The Morgan fingerprint density at radius 3 is 2.65 bits per heavy atom. The highest BCUT2D eigenvalue weighted by Gasteiger charge is 2.10. The molecule has 0 radical (unpaired) electrons. The van der Waals surface area contributed by atoms with Crippen LogP contribution in [0.2, 0.25) is 5.15 Å². The Morgan fingerprint density at radius 2 is 2.18 bits per heavy atom. The SMILES string of the molecule is CC.CCOC(=O)Cc1cnc(SC)nc1Cl. The molecule has 17 heavy (non-hydrogen) atoms. The second kappa shape index (κ2) is 9.24. The lowest BCUT2D eigenvalue weighted by atomic mass is 10.2. The molecule has 0 aromatic carbocycles. The van der Waals surface area contributed by atoms with E-state index in [4.69, 9.17) is 16.3 Å². The highest BCUT2D eigenvalue weighted by Crippen LogP contribution is 2.17. The third kappa shape index (κ3) is 5.89. The summed E-state index contributed by atoms with van der Waals surface area (Å²) in [6, 6.07) is 0. The van der Waals surface area contributed by atoms with Gasteiger partial charge in [-0.25, -0.2) is 9.97 Å². The van der Waals surface area contributed by atoms with E-state index in [1.807, 2.05) is 20.1 Å². The summed E-state index contributed by atoms with van der Waals surface area (Å²) in [4.78, 5) is 19.2. The van der Waals surface area contributed by atoms with Gasteiger partial charge in [0.25, 0.3) is 0 Å². The summed E-state index contributed by atoms with van der Waals surface area (Å²) >= 11 is 7.28. The molecule has 1 aromatic heterocycles. The van der Waals surface area contributed by atoms with Crippen LogP contribution in [-0.4, -0.2) is 28.8 Å². The third-order valence-electron chi connectivity index (χ3n) is 1.61. The van der Waals surface area contributed by atoms with E-state index < -0.39 is 0 Å². The number of carbonyl (C=O) groups is 1. The third-order valence-corrected chi connectivity index (χ3v) is 2.50. The van der Waals surface area contributed by atoms with E-state index >= 15 is 0 Å². The van der Waals surface area contributed by atoms with Crippen LogP contribution in [0.5, 0.6) is 0 Å². The first kappa shape index (κ1) is 16.2. The molecule has 4 nitrogen and oxygen atoms in total. The topological polar surface area (TPSA) is 52.1 Å². The fourth-order valence-corrected chi connectivity index (χ4v) is 1.54. The molecule has 0 unspecified atom stereocenters. The van der Waals surface area contributed by atoms with Crippen molar-refractivity contribution in [2.45, 2.75) is 32.3 Å². The maximum absolute atomic E-state index is 11.2. The van der Waals surface area contributed by atoms with Crippen LogP contribution in [0.25, 0.3) is 0 Å². The number of rotatable bonds is 4. The molecule has 0 spiro atoms. The normalized spacial score (nSPS) is 9.24. The molecule has 0 aliphatic carbocycles. The predicted molar refractivity (Wildman–Crippen MR) is 70.5 cm³/mol. The maximum Gasteiger partial charge on any atom is 0.310 e. The van der Waals surface area contributed by atoms with Crippen molar-refractivity contribution in [2.24, 2.45) is 0 Å². The zero-order valence-corrected chi connectivity index (χ0v) is 12.1. The Bertz CT molecular complexity index is 361. The van der Waals surface area contributed by atoms with Crippen LogP contribution in [0.3, 0.4) is 0 Å². The van der Waals surface area contributed by atoms with E-state index in [1.165, 1.54) is 11.8 Å². The molecule has 0 bridgehead atoms. The van der Waals surface area contributed by atoms with Crippen molar-refractivity contribution in [2.75, 3.05) is 12.9 Å². The highest BCUT2D eigenvalue weighted by molar-refractivity contribution is 7.98. The van der Waals surface area contributed by atoms with Crippen LogP contribution in [-0.2, 0) is 16.0 Å². The van der Waals surface area contributed by atoms with Crippen molar-refractivity contribution in [1.29, 1.82) is 0 Å². The number of carbonyl (C=O) groups excluding carboxylic acids is 1. The van der Waals surface area contributed by atoms with Gasteiger partial charge in [-0.1, -0.05) is 37.2 Å². The summed E-state index contributed by atoms with van der Waals surface area (Å²) < 4.78 is 4.80. The van der Waals surface area contributed by atoms with Crippen LogP contribution in [0, 0.1) is 0 Å². The van der Waals surface area contributed by atoms with E-state index in [0.717, 1.165) is 0 Å². The number of nitrogens with zero attached hydrogens (tertiary/aromatic N) is 2. The van der Waals surface area contributed by atoms with Crippen LogP contribution in [0.1, 0.15) is 26.3 Å². The fourth-order valence-electron chi connectivity index (χ4n) is 0.955. The first-order chi connectivity index (χ1) is 8.17. The smallest absolute Gasteiger partial charge is 0.310 e. The van der Waals surface area contributed by atoms with Gasteiger partial charge < -0.3 is 4.74 Å². The summed E-state index contributed by atoms with van der Waals surface area (Å²) in [5.74, 6) is -0.320. The number of aromatic nitrogens is 2. The van der Waals surface area contributed by atoms with Crippen molar-refractivity contribution in [3.63, 3.8) is 0 Å². The average Bonchev–Trinajstić information content (AvgIpc) is 2.34. The zero-order chi connectivity index (χ0) is 13.3. The molecule has 1 heterocycles. The maximum atomic E-state index is 11.2. The molecule has 0 saturated heterocycles. The molecule has 0 aliphatic rings. The summed E-state index contributed by atoms with van der Waals surface area (Å²) in [5.41, 5.74) is 0.591. The Labute approximate surface area is 111 Å². The van der Waals surface area contributed by atoms with Crippen LogP contribution >= 0.6 is 23.4 Å². The Morgan fingerprint density at radius 1 is 1.53 bits per heavy atom. The molecule has 1 aromatic rings. The zero-order valence-electron chi connectivity index (χ0n) is 10.5. The standard InChI is InChI=1S/C9H11ClN2O2S.C2H6/c1-3-14-7(13)4-6-5-11-9(15-2)12-8(6)10;1-2/h5H,3-4H2,1-2H3;1-2H3. The minimum Gasteiger partial charge on any atom is -0.466 e. The van der Waals surface area contributed by atoms with E-state index in [1.54, 1.807) is 13.1 Å². The van der Waals surface area contributed by atoms with Crippen LogP contribution in [0.15, 0.2) is 11.4 Å². The summed E-state index contributed by atoms with van der Waals surface area (Å²) in [7, 11) is 0. The van der Waals surface area contributed by atoms with Gasteiger partial charge in [-0.3, -0.25) is 4.79 Å². The molecule has 6 heteroatoms. The number of halogens is 1. The van der Waals surface area contributed by atoms with Gasteiger partial charge in [-0.15, -0.1) is 0 Å². The predicted octanol–water partition coefficient (Wildman–Crippen LogP) is 2.98. The second-order valence-electron chi connectivity index (χ2n) is 2.65. The molecule has 0 aliphatic heterocycles. The van der Waals surface area contributed by atoms with Crippen molar-refractivity contribution in [1.82, 2.24) is 9.97 Å². The quantitative estimate of drug-likeness (QED) is 0.366. The van der Waals surface area contributed by atoms with Gasteiger partial charge in [0, 0.05) is 11.8 Å². The molecule has 1 rings (SSSR count). The van der Waals surface area contributed by atoms with Gasteiger partial charge in [0.1, 0.15) is 5.15 Å². The van der Waals surface area contributed by atoms with Crippen molar-refractivity contribution >= 4 is 29.3 Å². The van der Waals surface area contributed by atoms with Crippen LogP contribution in [0.4, 0.5) is 0 Å². The summed E-state index contributed by atoms with van der Waals surface area (Å²) in [6.07, 6.45) is 3.52. The first-order valence-corrected chi connectivity index (χ1v) is 6.98. The van der Waals surface area contributed by atoms with Crippen molar-refractivity contribution in [3.8, 4) is 0 Å². The van der Waals surface area contributed by atoms with Crippen molar-refractivity contribution < 1.29 is 9.53 Å². The monoisotopic (exact) mass is 276 g/mol. The van der Waals surface area contributed by atoms with E-state index in [0.29, 0.717) is 22.5 Å². The molecule has 96 valence electrons. The van der Waals surface area contributed by atoms with E-state index in [2.05, 4.69) is 9.97 Å². The first-order valence-electron chi connectivity index (χ1n) is 5.38. The van der Waals surface area contributed by atoms with Gasteiger partial charge in [0.2, 0.25) is 0 Å². The molecular weight excluding hydrogens is 260 g/mol. The molecule has 0 amide bonds. The van der Waals surface area contributed by atoms with Gasteiger partial charge >= 0.3 is 5.97 Å². The Hall–Kier alpha value is -0.810. The molecule has 0 saturated carbocycles. The van der Waals surface area contributed by atoms with Crippen LogP contribution < -0.4 is 0 Å². The van der Waals surface area contributed by atoms with Gasteiger partial charge in [-0.05, 0) is 13.2 Å². The van der Waals surface area contributed by atoms with Gasteiger partial charge in [-0.2, -0.15) is 0 Å². The Kier molecular flexibility index (Phi) is 8.80. The lowest BCUT2D eigenvalue weighted by Gasteiger charge is -2.03. The lowest BCUT2D eigenvalue weighted by molar-refractivity contribution is -0.142.